The van der Waals surface area contributed by atoms with Crippen LogP contribution in [0, 0.1) is 5.92 Å². The van der Waals surface area contributed by atoms with Crippen molar-refractivity contribution < 1.29 is 9.53 Å². The van der Waals surface area contributed by atoms with Gasteiger partial charge in [0.2, 0.25) is 0 Å². The molecule has 2 aromatic rings. The van der Waals surface area contributed by atoms with E-state index >= 15 is 0 Å². The van der Waals surface area contributed by atoms with E-state index in [2.05, 4.69) is 21.4 Å². The minimum absolute atomic E-state index is 0.129. The summed E-state index contributed by atoms with van der Waals surface area (Å²) in [6.07, 6.45) is 7.20. The molecule has 2 unspecified atom stereocenters. The molecule has 3 saturated heterocycles. The fourth-order valence-corrected chi connectivity index (χ4v) is 5.47. The fourth-order valence-electron chi connectivity index (χ4n) is 5.47. The molecule has 1 aromatic carbocycles. The van der Waals surface area contributed by atoms with E-state index in [0.29, 0.717) is 5.92 Å². The van der Waals surface area contributed by atoms with Crippen LogP contribution in [0.2, 0.25) is 0 Å². The van der Waals surface area contributed by atoms with Crippen molar-refractivity contribution in [2.24, 2.45) is 5.92 Å². The molecule has 166 valence electrons. The highest BCUT2D eigenvalue weighted by molar-refractivity contribution is 5.94. The van der Waals surface area contributed by atoms with Crippen molar-refractivity contribution in [2.45, 2.75) is 24.9 Å². The van der Waals surface area contributed by atoms with Crippen molar-refractivity contribution in [3.63, 3.8) is 0 Å². The third kappa shape index (κ3) is 4.56. The smallest absolute Gasteiger partial charge is 0.253 e. The topological polar surface area (TPSA) is 41.0 Å². The number of amides is 1. The number of hydrogen-bond acceptors (Lipinski definition) is 4. The lowest BCUT2D eigenvalue weighted by atomic mass is 9.86. The van der Waals surface area contributed by atoms with E-state index in [0.717, 1.165) is 82.9 Å². The second-order valence-corrected chi connectivity index (χ2v) is 9.64. The van der Waals surface area contributed by atoms with Crippen LogP contribution in [0.25, 0.3) is 5.69 Å². The molecule has 0 radical (unpaired) electrons. The number of carbonyl (C=O) groups excluding carboxylic acids is 1. The van der Waals surface area contributed by atoms with Gasteiger partial charge in [0.15, 0.2) is 0 Å². The molecular formula is C25H34N4O2. The molecule has 0 N–H and O–H groups in total. The van der Waals surface area contributed by atoms with Gasteiger partial charge >= 0.3 is 0 Å². The third-order valence-corrected chi connectivity index (χ3v) is 7.24. The lowest BCUT2D eigenvalue weighted by molar-refractivity contribution is -0.0450. The van der Waals surface area contributed by atoms with Crippen LogP contribution in [0.3, 0.4) is 0 Å². The number of likely N-dealkylation sites (tertiary alicyclic amines) is 1. The third-order valence-electron chi connectivity index (χ3n) is 7.24. The number of piperazine rings is 1. The van der Waals surface area contributed by atoms with Crippen LogP contribution in [-0.2, 0) is 4.74 Å². The number of hydrogen-bond donors (Lipinski definition) is 0. The Balaban J connectivity index is 1.19. The van der Waals surface area contributed by atoms with E-state index in [1.54, 1.807) is 0 Å². The molecule has 6 heteroatoms. The highest BCUT2D eigenvalue weighted by Gasteiger charge is 2.44. The second kappa shape index (κ2) is 8.77. The van der Waals surface area contributed by atoms with Crippen molar-refractivity contribution in [2.75, 3.05) is 59.5 Å². The van der Waals surface area contributed by atoms with Crippen molar-refractivity contribution in [3.8, 4) is 5.69 Å². The van der Waals surface area contributed by atoms with Gasteiger partial charge in [-0.3, -0.25) is 4.79 Å². The van der Waals surface area contributed by atoms with Gasteiger partial charge < -0.3 is 24.0 Å². The molecule has 5 rings (SSSR count). The van der Waals surface area contributed by atoms with Gasteiger partial charge in [0.25, 0.3) is 5.91 Å². The number of likely N-dealkylation sites (N-methyl/N-ethyl adjacent to an activating group) is 1. The van der Waals surface area contributed by atoms with Gasteiger partial charge in [-0.05, 0) is 68.6 Å². The summed E-state index contributed by atoms with van der Waals surface area (Å²) in [7, 11) is 2.20. The first kappa shape index (κ1) is 20.7. The molecule has 3 aliphatic rings. The van der Waals surface area contributed by atoms with Gasteiger partial charge in [-0.2, -0.15) is 0 Å². The molecule has 1 aromatic heterocycles. The van der Waals surface area contributed by atoms with Gasteiger partial charge in [0.05, 0.1) is 12.2 Å². The Morgan fingerprint density at radius 3 is 2.55 bits per heavy atom. The second-order valence-electron chi connectivity index (χ2n) is 9.64. The number of carbonyl (C=O) groups is 1. The summed E-state index contributed by atoms with van der Waals surface area (Å²) in [5.41, 5.74) is 1.69. The van der Waals surface area contributed by atoms with Gasteiger partial charge in [-0.25, -0.2) is 0 Å². The summed E-state index contributed by atoms with van der Waals surface area (Å²) in [5.74, 6) is 0.712. The van der Waals surface area contributed by atoms with E-state index in [1.807, 2.05) is 53.7 Å². The van der Waals surface area contributed by atoms with Crippen LogP contribution >= 0.6 is 0 Å². The van der Waals surface area contributed by atoms with Crippen LogP contribution in [0.4, 0.5) is 0 Å². The van der Waals surface area contributed by atoms with E-state index in [-0.39, 0.29) is 11.5 Å². The Morgan fingerprint density at radius 2 is 1.81 bits per heavy atom. The molecule has 0 saturated carbocycles. The zero-order chi connectivity index (χ0) is 21.3. The number of rotatable bonds is 4. The van der Waals surface area contributed by atoms with Crippen molar-refractivity contribution >= 4 is 5.91 Å². The maximum Gasteiger partial charge on any atom is 0.253 e. The average molecular weight is 423 g/mol. The van der Waals surface area contributed by atoms with Gasteiger partial charge in [0, 0.05) is 69.5 Å². The maximum atomic E-state index is 13.2. The summed E-state index contributed by atoms with van der Waals surface area (Å²) < 4.78 is 8.46. The molecule has 1 spiro atoms. The first-order valence-corrected chi connectivity index (χ1v) is 11.7. The number of benzene rings is 1. The lowest BCUT2D eigenvalue weighted by Crippen LogP contribution is -2.50. The van der Waals surface area contributed by atoms with Crippen LogP contribution in [0.15, 0.2) is 48.8 Å². The number of piperidine rings is 1. The predicted molar refractivity (Wildman–Crippen MR) is 122 cm³/mol. The lowest BCUT2D eigenvalue weighted by Gasteiger charge is -2.40. The largest absolute Gasteiger partial charge is 0.373 e. The standard InChI is InChI=1S/C25H34N4O2/c1-26-13-15-27(16-14-26)18-21-17-25(31-19-21)9-4-12-29(20-25)24(30)22-5-7-23(8-6-22)28-10-2-3-11-28/h2-3,5-8,10-11,21H,4,9,12-20H2,1H3. The molecule has 3 fully saturated rings. The Bertz CT molecular complexity index is 873. The summed E-state index contributed by atoms with van der Waals surface area (Å²) in [5, 5.41) is 0. The number of nitrogens with zero attached hydrogens (tertiary/aromatic N) is 4. The normalized spacial score (nSPS) is 27.8. The summed E-state index contributed by atoms with van der Waals surface area (Å²) >= 11 is 0. The zero-order valence-corrected chi connectivity index (χ0v) is 18.6. The molecule has 0 bridgehead atoms. The van der Waals surface area contributed by atoms with Gasteiger partial charge in [-0.1, -0.05) is 0 Å². The first-order chi connectivity index (χ1) is 15.1. The Morgan fingerprint density at radius 1 is 1.06 bits per heavy atom. The minimum atomic E-state index is -0.143. The quantitative estimate of drug-likeness (QED) is 0.760. The molecule has 31 heavy (non-hydrogen) atoms. The van der Waals surface area contributed by atoms with Crippen molar-refractivity contribution in [1.29, 1.82) is 0 Å². The van der Waals surface area contributed by atoms with Crippen LogP contribution < -0.4 is 0 Å². The monoisotopic (exact) mass is 422 g/mol. The van der Waals surface area contributed by atoms with Crippen LogP contribution in [0.1, 0.15) is 29.6 Å². The highest BCUT2D eigenvalue weighted by Crippen LogP contribution is 2.38. The average Bonchev–Trinajstić information content (AvgIpc) is 3.46. The number of ether oxygens (including phenoxy) is 1. The zero-order valence-electron chi connectivity index (χ0n) is 18.6. The molecule has 3 aliphatic heterocycles. The molecule has 1 amide bonds. The maximum absolute atomic E-state index is 13.2. The van der Waals surface area contributed by atoms with Crippen molar-refractivity contribution in [1.82, 2.24) is 19.3 Å². The molecule has 0 aliphatic carbocycles. The summed E-state index contributed by atoms with van der Waals surface area (Å²) in [6, 6.07) is 11.9. The Kier molecular flexibility index (Phi) is 5.87. The van der Waals surface area contributed by atoms with E-state index < -0.39 is 0 Å². The molecule has 2 atom stereocenters. The molecule has 4 heterocycles. The Hall–Kier alpha value is -2.15. The Labute approximate surface area is 185 Å². The first-order valence-electron chi connectivity index (χ1n) is 11.7. The SMILES string of the molecule is CN1CCN(CC2COC3(CCCN(C(=O)c4ccc(-n5cccc5)cc4)C3)C2)CC1. The fraction of sp³-hybridized carbons (Fsp3) is 0.560. The van der Waals surface area contributed by atoms with E-state index in [4.69, 9.17) is 4.74 Å². The van der Waals surface area contributed by atoms with Gasteiger partial charge in [-0.15, -0.1) is 0 Å². The predicted octanol–water partition coefficient (Wildman–Crippen LogP) is 2.74. The minimum Gasteiger partial charge on any atom is -0.373 e. The van der Waals surface area contributed by atoms with Gasteiger partial charge in [0.1, 0.15) is 0 Å². The summed E-state index contributed by atoms with van der Waals surface area (Å²) in [4.78, 5) is 20.2. The van der Waals surface area contributed by atoms with E-state index in [9.17, 15) is 4.79 Å². The van der Waals surface area contributed by atoms with Crippen molar-refractivity contribution in [3.05, 3.63) is 54.4 Å². The number of aromatic nitrogens is 1. The molecule has 6 nitrogen and oxygen atoms in total. The van der Waals surface area contributed by atoms with Crippen LogP contribution in [-0.4, -0.2) is 90.2 Å². The molecular weight excluding hydrogens is 388 g/mol. The summed E-state index contributed by atoms with van der Waals surface area (Å²) in [6.45, 7) is 8.14. The van der Waals surface area contributed by atoms with Crippen LogP contribution in [0.5, 0.6) is 0 Å². The highest BCUT2D eigenvalue weighted by atomic mass is 16.5. The van der Waals surface area contributed by atoms with E-state index in [1.165, 1.54) is 0 Å².